The number of anilines is 1. The molecule has 1 fully saturated rings. The van der Waals surface area contributed by atoms with Gasteiger partial charge in [-0.05, 0) is 36.2 Å². The van der Waals surface area contributed by atoms with E-state index in [0.717, 1.165) is 56.1 Å². The minimum Gasteiger partial charge on any atom is -0.379 e. The van der Waals surface area contributed by atoms with Crippen molar-refractivity contribution in [1.29, 1.82) is 0 Å². The molecule has 3 rings (SSSR count). The summed E-state index contributed by atoms with van der Waals surface area (Å²) in [5.74, 6) is -0.136. The standard InChI is InChI=1S/C25H33N3O4/c1-31-20-25(30)28(19-21-7-3-2-4-8-21)23-10-5-9-22(17-23)18-24(29)26-11-6-12-27-13-15-32-16-14-27/h2-5,7-10,17H,6,11-16,18-20H2,1H3,(H,26,29). The van der Waals surface area contributed by atoms with Gasteiger partial charge in [0.25, 0.3) is 5.91 Å². The molecule has 1 aliphatic rings. The van der Waals surface area contributed by atoms with Gasteiger partial charge in [-0.3, -0.25) is 14.5 Å². The first kappa shape index (κ1) is 23.9. The molecule has 1 saturated heterocycles. The summed E-state index contributed by atoms with van der Waals surface area (Å²) in [6, 6.07) is 17.4. The highest BCUT2D eigenvalue weighted by molar-refractivity contribution is 5.94. The van der Waals surface area contributed by atoms with Gasteiger partial charge in [-0.15, -0.1) is 0 Å². The number of hydrogen-bond donors (Lipinski definition) is 1. The lowest BCUT2D eigenvalue weighted by molar-refractivity contribution is -0.122. The number of nitrogens with one attached hydrogen (secondary N) is 1. The number of carbonyl (C=O) groups is 2. The Kier molecular flexibility index (Phi) is 9.68. The van der Waals surface area contributed by atoms with E-state index >= 15 is 0 Å². The van der Waals surface area contributed by atoms with E-state index < -0.39 is 0 Å². The summed E-state index contributed by atoms with van der Waals surface area (Å²) in [5, 5.41) is 3.00. The fourth-order valence-electron chi connectivity index (χ4n) is 3.73. The lowest BCUT2D eigenvalue weighted by atomic mass is 10.1. The maximum Gasteiger partial charge on any atom is 0.253 e. The van der Waals surface area contributed by atoms with Gasteiger partial charge in [0.05, 0.1) is 26.2 Å². The molecule has 2 aromatic rings. The molecular weight excluding hydrogens is 406 g/mol. The van der Waals surface area contributed by atoms with Crippen LogP contribution < -0.4 is 10.2 Å². The molecule has 0 radical (unpaired) electrons. The number of ether oxygens (including phenoxy) is 2. The number of hydrogen-bond acceptors (Lipinski definition) is 5. The number of nitrogens with zero attached hydrogens (tertiary/aromatic N) is 2. The van der Waals surface area contributed by atoms with Crippen LogP contribution in [0.4, 0.5) is 5.69 Å². The van der Waals surface area contributed by atoms with Gasteiger partial charge in [0.1, 0.15) is 6.61 Å². The molecule has 1 aliphatic heterocycles. The third-order valence-electron chi connectivity index (χ3n) is 5.42. The first-order chi connectivity index (χ1) is 15.7. The second-order valence-electron chi connectivity index (χ2n) is 7.90. The van der Waals surface area contributed by atoms with E-state index in [2.05, 4.69) is 10.2 Å². The van der Waals surface area contributed by atoms with E-state index in [0.29, 0.717) is 13.1 Å². The second kappa shape index (κ2) is 13.0. The molecule has 1 N–H and O–H groups in total. The molecule has 0 saturated carbocycles. The summed E-state index contributed by atoms with van der Waals surface area (Å²) >= 11 is 0. The van der Waals surface area contributed by atoms with E-state index in [-0.39, 0.29) is 24.8 Å². The predicted octanol–water partition coefficient (Wildman–Crippen LogP) is 2.25. The van der Waals surface area contributed by atoms with Crippen LogP contribution in [-0.4, -0.2) is 69.8 Å². The quantitative estimate of drug-likeness (QED) is 0.544. The molecule has 0 aliphatic carbocycles. The van der Waals surface area contributed by atoms with Gasteiger partial charge in [0.15, 0.2) is 0 Å². The van der Waals surface area contributed by atoms with Crippen molar-refractivity contribution in [3.8, 4) is 0 Å². The fraction of sp³-hybridized carbons (Fsp3) is 0.440. The molecular formula is C25H33N3O4. The summed E-state index contributed by atoms with van der Waals surface area (Å²) in [5.41, 5.74) is 2.66. The fourth-order valence-corrected chi connectivity index (χ4v) is 3.73. The Morgan fingerprint density at radius 2 is 1.81 bits per heavy atom. The smallest absolute Gasteiger partial charge is 0.253 e. The van der Waals surface area contributed by atoms with Gasteiger partial charge in [-0.25, -0.2) is 0 Å². The van der Waals surface area contributed by atoms with Gasteiger partial charge in [0, 0.05) is 32.4 Å². The summed E-state index contributed by atoms with van der Waals surface area (Å²) < 4.78 is 10.4. The average Bonchev–Trinajstić information content (AvgIpc) is 2.82. The number of morpholine rings is 1. The molecule has 0 bridgehead atoms. The monoisotopic (exact) mass is 439 g/mol. The highest BCUT2D eigenvalue weighted by Gasteiger charge is 2.17. The van der Waals surface area contributed by atoms with Crippen molar-refractivity contribution in [3.63, 3.8) is 0 Å². The molecule has 0 unspecified atom stereocenters. The number of rotatable bonds is 11. The van der Waals surface area contributed by atoms with Crippen LogP contribution in [0.1, 0.15) is 17.5 Å². The van der Waals surface area contributed by atoms with E-state index in [1.165, 1.54) is 7.11 Å². The van der Waals surface area contributed by atoms with Gasteiger partial charge < -0.3 is 19.7 Å². The van der Waals surface area contributed by atoms with Crippen LogP contribution in [0.3, 0.4) is 0 Å². The summed E-state index contributed by atoms with van der Waals surface area (Å²) in [6.45, 7) is 5.57. The van der Waals surface area contributed by atoms with Crippen molar-refractivity contribution in [1.82, 2.24) is 10.2 Å². The summed E-state index contributed by atoms with van der Waals surface area (Å²) in [4.78, 5) is 29.2. The summed E-state index contributed by atoms with van der Waals surface area (Å²) in [7, 11) is 1.51. The molecule has 32 heavy (non-hydrogen) atoms. The lowest BCUT2D eigenvalue weighted by Gasteiger charge is -2.26. The van der Waals surface area contributed by atoms with Crippen molar-refractivity contribution in [3.05, 3.63) is 65.7 Å². The molecule has 7 nitrogen and oxygen atoms in total. The van der Waals surface area contributed by atoms with Crippen LogP contribution >= 0.6 is 0 Å². The van der Waals surface area contributed by atoms with Crippen LogP contribution in [0.25, 0.3) is 0 Å². The maximum atomic E-state index is 12.7. The van der Waals surface area contributed by atoms with Crippen LogP contribution in [0, 0.1) is 0 Å². The minimum absolute atomic E-state index is 0.000685. The van der Waals surface area contributed by atoms with Crippen molar-refractivity contribution < 1.29 is 19.1 Å². The molecule has 2 amide bonds. The number of amides is 2. The molecule has 1 heterocycles. The van der Waals surface area contributed by atoms with Crippen molar-refractivity contribution >= 4 is 17.5 Å². The third-order valence-corrected chi connectivity index (χ3v) is 5.42. The average molecular weight is 440 g/mol. The van der Waals surface area contributed by atoms with Gasteiger partial charge >= 0.3 is 0 Å². The lowest BCUT2D eigenvalue weighted by Crippen LogP contribution is -2.38. The third kappa shape index (κ3) is 7.75. The minimum atomic E-state index is -0.124. The first-order valence-corrected chi connectivity index (χ1v) is 11.1. The molecule has 172 valence electrons. The van der Waals surface area contributed by atoms with E-state index in [1.807, 2.05) is 54.6 Å². The summed E-state index contributed by atoms with van der Waals surface area (Å²) in [6.07, 6.45) is 1.20. The van der Waals surface area contributed by atoms with Gasteiger partial charge in [0.2, 0.25) is 5.91 Å². The Balaban J connectivity index is 1.55. The Morgan fingerprint density at radius 1 is 1.06 bits per heavy atom. The van der Waals surface area contributed by atoms with Gasteiger partial charge in [-0.2, -0.15) is 0 Å². The topological polar surface area (TPSA) is 71.1 Å². The van der Waals surface area contributed by atoms with Gasteiger partial charge in [-0.1, -0.05) is 42.5 Å². The Bertz CT molecular complexity index is 853. The largest absolute Gasteiger partial charge is 0.379 e. The zero-order valence-electron chi connectivity index (χ0n) is 18.8. The number of benzene rings is 2. The molecule has 7 heteroatoms. The Hall–Kier alpha value is -2.74. The van der Waals surface area contributed by atoms with Crippen molar-refractivity contribution in [2.24, 2.45) is 0 Å². The normalized spacial score (nSPS) is 14.2. The Labute approximate surface area is 190 Å². The van der Waals surface area contributed by atoms with E-state index in [9.17, 15) is 9.59 Å². The maximum absolute atomic E-state index is 12.7. The van der Waals surface area contributed by atoms with Crippen LogP contribution in [-0.2, 0) is 32.0 Å². The molecule has 0 atom stereocenters. The van der Waals surface area contributed by atoms with Crippen molar-refractivity contribution in [2.45, 2.75) is 19.4 Å². The number of methoxy groups -OCH3 is 1. The van der Waals surface area contributed by atoms with Crippen LogP contribution in [0.15, 0.2) is 54.6 Å². The van der Waals surface area contributed by atoms with E-state index in [1.54, 1.807) is 4.90 Å². The van der Waals surface area contributed by atoms with Crippen LogP contribution in [0.5, 0.6) is 0 Å². The second-order valence-corrected chi connectivity index (χ2v) is 7.90. The molecule has 2 aromatic carbocycles. The molecule has 0 spiro atoms. The number of carbonyl (C=O) groups excluding carboxylic acids is 2. The Morgan fingerprint density at radius 3 is 2.56 bits per heavy atom. The molecule has 0 aromatic heterocycles. The van der Waals surface area contributed by atoms with Crippen LogP contribution in [0.2, 0.25) is 0 Å². The SMILES string of the molecule is COCC(=O)N(Cc1ccccc1)c1cccc(CC(=O)NCCCN2CCOCC2)c1. The van der Waals surface area contributed by atoms with Crippen molar-refractivity contribution in [2.75, 3.05) is 58.0 Å². The predicted molar refractivity (Wildman–Crippen MR) is 125 cm³/mol. The highest BCUT2D eigenvalue weighted by Crippen LogP contribution is 2.20. The zero-order valence-corrected chi connectivity index (χ0v) is 18.8. The zero-order chi connectivity index (χ0) is 22.6. The van der Waals surface area contributed by atoms with E-state index in [4.69, 9.17) is 9.47 Å². The first-order valence-electron chi connectivity index (χ1n) is 11.1. The highest BCUT2D eigenvalue weighted by atomic mass is 16.5.